The molecule has 0 amide bonds. The van der Waals surface area contributed by atoms with E-state index in [1.165, 1.54) is 0 Å². The summed E-state index contributed by atoms with van der Waals surface area (Å²) < 4.78 is 0. The third kappa shape index (κ3) is 2.63. The molecule has 0 heterocycles. The first-order chi connectivity index (χ1) is 6.29. The van der Waals surface area contributed by atoms with Crippen LogP contribution in [0.5, 0.6) is 0 Å². The highest BCUT2D eigenvalue weighted by Gasteiger charge is 2.05. The minimum absolute atomic E-state index is 0.845. The number of hydrogen-bond donors (Lipinski definition) is 0. The van der Waals surface area contributed by atoms with Gasteiger partial charge in [-0.3, -0.25) is 0 Å². The fraction of sp³-hybridized carbons (Fsp3) is 0.455. The number of hydrogen-bond acceptors (Lipinski definition) is 1. The molecule has 1 rings (SSSR count). The van der Waals surface area contributed by atoms with Gasteiger partial charge in [0, 0.05) is 13.1 Å². The van der Waals surface area contributed by atoms with Crippen LogP contribution in [0.15, 0.2) is 24.3 Å². The fourth-order valence-corrected chi connectivity index (χ4v) is 1.68. The van der Waals surface area contributed by atoms with Gasteiger partial charge >= 0.3 is 0 Å². The zero-order valence-corrected chi connectivity index (χ0v) is 9.01. The molecule has 0 saturated carbocycles. The van der Waals surface area contributed by atoms with Gasteiger partial charge in [0.05, 0.1) is 10.7 Å². The molecular weight excluding hydrogens is 182 g/mol. The van der Waals surface area contributed by atoms with E-state index in [4.69, 9.17) is 11.6 Å². The second kappa shape index (κ2) is 5.13. The van der Waals surface area contributed by atoms with Gasteiger partial charge in [-0.05, 0) is 25.5 Å². The average molecular weight is 198 g/mol. The van der Waals surface area contributed by atoms with Crippen LogP contribution in [-0.2, 0) is 0 Å². The van der Waals surface area contributed by atoms with Crippen molar-refractivity contribution >= 4 is 17.3 Å². The second-order valence-electron chi connectivity index (χ2n) is 3.03. The predicted octanol–water partition coefficient (Wildman–Crippen LogP) is 3.58. The Morgan fingerprint density at radius 3 is 2.46 bits per heavy atom. The average Bonchev–Trinajstić information content (AvgIpc) is 2.16. The van der Waals surface area contributed by atoms with Crippen LogP contribution < -0.4 is 4.90 Å². The standard InChI is InChI=1S/C11H16ClN/c1-3-9-13(4-2)11-8-6-5-7-10(11)12/h5-8H,3-4,9H2,1-2H3. The van der Waals surface area contributed by atoms with Crippen LogP contribution in [0.4, 0.5) is 5.69 Å². The quantitative estimate of drug-likeness (QED) is 0.714. The van der Waals surface area contributed by atoms with Gasteiger partial charge in [-0.25, -0.2) is 0 Å². The van der Waals surface area contributed by atoms with Crippen LogP contribution in [0.25, 0.3) is 0 Å². The van der Waals surface area contributed by atoms with Crippen molar-refractivity contribution in [2.45, 2.75) is 20.3 Å². The third-order valence-electron chi connectivity index (χ3n) is 2.07. The van der Waals surface area contributed by atoms with Gasteiger partial charge in [-0.1, -0.05) is 30.7 Å². The lowest BCUT2D eigenvalue weighted by atomic mass is 10.2. The van der Waals surface area contributed by atoms with E-state index in [-0.39, 0.29) is 0 Å². The minimum Gasteiger partial charge on any atom is -0.371 e. The summed E-state index contributed by atoms with van der Waals surface area (Å²) in [5, 5.41) is 0.845. The Morgan fingerprint density at radius 2 is 1.92 bits per heavy atom. The third-order valence-corrected chi connectivity index (χ3v) is 2.39. The van der Waals surface area contributed by atoms with Gasteiger partial charge in [0.15, 0.2) is 0 Å². The topological polar surface area (TPSA) is 3.24 Å². The van der Waals surface area contributed by atoms with Crippen LogP contribution in [0.3, 0.4) is 0 Å². The number of benzene rings is 1. The van der Waals surface area contributed by atoms with Gasteiger partial charge in [0.1, 0.15) is 0 Å². The molecule has 0 atom stereocenters. The van der Waals surface area contributed by atoms with Crippen molar-refractivity contribution in [1.29, 1.82) is 0 Å². The van der Waals surface area contributed by atoms with Crippen molar-refractivity contribution in [3.63, 3.8) is 0 Å². The maximum Gasteiger partial charge on any atom is 0.0639 e. The van der Waals surface area contributed by atoms with Crippen molar-refractivity contribution in [2.75, 3.05) is 18.0 Å². The van der Waals surface area contributed by atoms with E-state index < -0.39 is 0 Å². The van der Waals surface area contributed by atoms with E-state index in [1.54, 1.807) is 0 Å². The van der Waals surface area contributed by atoms with Crippen LogP contribution in [-0.4, -0.2) is 13.1 Å². The molecule has 1 aromatic carbocycles. The summed E-state index contributed by atoms with van der Waals surface area (Å²) in [7, 11) is 0. The Morgan fingerprint density at radius 1 is 1.23 bits per heavy atom. The van der Waals surface area contributed by atoms with Crippen molar-refractivity contribution < 1.29 is 0 Å². The number of rotatable bonds is 4. The first-order valence-corrected chi connectivity index (χ1v) is 5.16. The highest BCUT2D eigenvalue weighted by Crippen LogP contribution is 2.24. The normalized spacial score (nSPS) is 10.1. The maximum atomic E-state index is 6.09. The monoisotopic (exact) mass is 197 g/mol. The van der Waals surface area contributed by atoms with E-state index in [0.717, 1.165) is 30.2 Å². The summed E-state index contributed by atoms with van der Waals surface area (Å²) in [5.41, 5.74) is 1.15. The summed E-state index contributed by atoms with van der Waals surface area (Å²) >= 11 is 6.09. The van der Waals surface area contributed by atoms with Gasteiger partial charge < -0.3 is 4.90 Å². The SMILES string of the molecule is CCCN(CC)c1ccccc1Cl. The van der Waals surface area contributed by atoms with Gasteiger partial charge in [0.2, 0.25) is 0 Å². The predicted molar refractivity (Wildman–Crippen MR) is 59.6 cm³/mol. The first kappa shape index (κ1) is 10.4. The van der Waals surface area contributed by atoms with Gasteiger partial charge in [-0.15, -0.1) is 0 Å². The molecule has 0 aliphatic carbocycles. The van der Waals surface area contributed by atoms with Crippen LogP contribution in [0.2, 0.25) is 5.02 Å². The van der Waals surface area contributed by atoms with Crippen LogP contribution in [0.1, 0.15) is 20.3 Å². The summed E-state index contributed by atoms with van der Waals surface area (Å²) in [6.45, 7) is 6.41. The molecule has 0 N–H and O–H groups in total. The van der Waals surface area contributed by atoms with Crippen LogP contribution >= 0.6 is 11.6 Å². The van der Waals surface area contributed by atoms with E-state index in [0.29, 0.717) is 0 Å². The highest BCUT2D eigenvalue weighted by molar-refractivity contribution is 6.33. The smallest absolute Gasteiger partial charge is 0.0639 e. The first-order valence-electron chi connectivity index (χ1n) is 4.79. The largest absolute Gasteiger partial charge is 0.371 e. The number of para-hydroxylation sites is 1. The zero-order chi connectivity index (χ0) is 9.68. The molecule has 0 radical (unpaired) electrons. The summed E-state index contributed by atoms with van der Waals surface area (Å²) in [6.07, 6.45) is 1.15. The van der Waals surface area contributed by atoms with Crippen molar-refractivity contribution in [3.05, 3.63) is 29.3 Å². The van der Waals surface area contributed by atoms with Crippen molar-refractivity contribution in [1.82, 2.24) is 0 Å². The molecule has 0 bridgehead atoms. The Labute approximate surface area is 85.3 Å². The molecule has 72 valence electrons. The Hall–Kier alpha value is -0.690. The Bertz CT molecular complexity index is 260. The molecule has 0 spiro atoms. The van der Waals surface area contributed by atoms with Gasteiger partial charge in [0.25, 0.3) is 0 Å². The molecule has 0 aliphatic rings. The molecule has 0 unspecified atom stereocenters. The number of nitrogens with zero attached hydrogens (tertiary/aromatic N) is 1. The number of anilines is 1. The molecule has 0 aliphatic heterocycles. The molecular formula is C11H16ClN. The minimum atomic E-state index is 0.845. The van der Waals surface area contributed by atoms with Crippen LogP contribution in [0, 0.1) is 0 Å². The summed E-state index contributed by atoms with van der Waals surface area (Å²) in [5.74, 6) is 0. The lowest BCUT2D eigenvalue weighted by molar-refractivity contribution is 0.792. The Balaban J connectivity index is 2.84. The van der Waals surface area contributed by atoms with Gasteiger partial charge in [-0.2, -0.15) is 0 Å². The molecule has 1 nitrogen and oxygen atoms in total. The van der Waals surface area contributed by atoms with E-state index >= 15 is 0 Å². The zero-order valence-electron chi connectivity index (χ0n) is 8.26. The Kier molecular flexibility index (Phi) is 4.10. The van der Waals surface area contributed by atoms with E-state index in [9.17, 15) is 0 Å². The molecule has 1 aromatic rings. The molecule has 0 fully saturated rings. The lowest BCUT2D eigenvalue weighted by Crippen LogP contribution is -2.23. The molecule has 13 heavy (non-hydrogen) atoms. The fourth-order valence-electron chi connectivity index (χ4n) is 1.43. The second-order valence-corrected chi connectivity index (χ2v) is 3.44. The summed E-state index contributed by atoms with van der Waals surface area (Å²) in [4.78, 5) is 2.29. The highest BCUT2D eigenvalue weighted by atomic mass is 35.5. The maximum absolute atomic E-state index is 6.09. The van der Waals surface area contributed by atoms with Crippen molar-refractivity contribution in [2.24, 2.45) is 0 Å². The van der Waals surface area contributed by atoms with E-state index in [1.807, 2.05) is 18.2 Å². The number of halogens is 1. The van der Waals surface area contributed by atoms with Crippen molar-refractivity contribution in [3.8, 4) is 0 Å². The summed E-state index contributed by atoms with van der Waals surface area (Å²) in [6, 6.07) is 8.00. The molecule has 0 aromatic heterocycles. The molecule has 2 heteroatoms. The van der Waals surface area contributed by atoms with E-state index in [2.05, 4.69) is 24.8 Å². The molecule has 0 saturated heterocycles. The lowest BCUT2D eigenvalue weighted by Gasteiger charge is -2.23.